The van der Waals surface area contributed by atoms with Crippen LogP contribution in [0.1, 0.15) is 31.2 Å². The molecule has 16 heavy (non-hydrogen) atoms. The third-order valence-corrected chi connectivity index (χ3v) is 3.26. The Balaban J connectivity index is 2.05. The molecule has 0 saturated heterocycles. The summed E-state index contributed by atoms with van der Waals surface area (Å²) in [5.74, 6) is -0.281. The Bertz CT molecular complexity index is 349. The second-order valence-electron chi connectivity index (χ2n) is 4.81. The van der Waals surface area contributed by atoms with Crippen LogP contribution in [0, 0.1) is 5.82 Å². The lowest BCUT2D eigenvalue weighted by molar-refractivity contribution is 0.0965. The fourth-order valence-corrected chi connectivity index (χ4v) is 2.48. The second kappa shape index (κ2) is 4.50. The van der Waals surface area contributed by atoms with Gasteiger partial charge in [-0.05, 0) is 43.4 Å². The lowest BCUT2D eigenvalue weighted by Gasteiger charge is -2.33. The first kappa shape index (κ1) is 11.5. The number of hydrogen-bond donors (Lipinski definition) is 1. The summed E-state index contributed by atoms with van der Waals surface area (Å²) in [6, 6.07) is 6.02. The molecule has 2 unspecified atom stereocenters. The van der Waals surface area contributed by atoms with Crippen molar-refractivity contribution >= 4 is 0 Å². The van der Waals surface area contributed by atoms with Crippen molar-refractivity contribution in [2.75, 3.05) is 0 Å². The summed E-state index contributed by atoms with van der Waals surface area (Å²) < 4.78 is 27.1. The summed E-state index contributed by atoms with van der Waals surface area (Å²) in [4.78, 5) is 0. The van der Waals surface area contributed by atoms with Crippen LogP contribution in [-0.4, -0.2) is 11.7 Å². The lowest BCUT2D eigenvalue weighted by atomic mass is 9.80. The third kappa shape index (κ3) is 2.79. The minimum absolute atomic E-state index is 0.0285. The van der Waals surface area contributed by atoms with E-state index >= 15 is 0 Å². The molecule has 88 valence electrons. The van der Waals surface area contributed by atoms with Gasteiger partial charge in [0.2, 0.25) is 0 Å². The Morgan fingerprint density at radius 2 is 2.00 bits per heavy atom. The summed E-state index contributed by atoms with van der Waals surface area (Å²) in [7, 11) is 0. The minimum atomic E-state index is -1.20. The predicted octanol–water partition coefficient (Wildman–Crippen LogP) is 2.98. The van der Waals surface area contributed by atoms with E-state index in [1.807, 2.05) is 0 Å². The van der Waals surface area contributed by atoms with Crippen LogP contribution in [0.15, 0.2) is 24.3 Å². The number of alkyl halides is 1. The van der Waals surface area contributed by atoms with Crippen LogP contribution in [0.25, 0.3) is 0 Å². The molecule has 0 radical (unpaired) electrons. The van der Waals surface area contributed by atoms with E-state index in [0.29, 0.717) is 19.3 Å². The van der Waals surface area contributed by atoms with Gasteiger partial charge in [-0.15, -0.1) is 0 Å². The standard InChI is InChI=1S/C13H17F2N/c14-11-5-3-10(4-6-11)8-13(15)7-1-2-12(16)9-13/h3-6,12H,1-2,7-9,16H2. The molecule has 0 spiro atoms. The quantitative estimate of drug-likeness (QED) is 0.822. The number of hydrogen-bond acceptors (Lipinski definition) is 1. The van der Waals surface area contributed by atoms with Gasteiger partial charge in [0.1, 0.15) is 11.5 Å². The fraction of sp³-hybridized carbons (Fsp3) is 0.538. The predicted molar refractivity (Wildman–Crippen MR) is 60.4 cm³/mol. The van der Waals surface area contributed by atoms with Crippen LogP contribution in [0.3, 0.4) is 0 Å². The van der Waals surface area contributed by atoms with Gasteiger partial charge in [0.05, 0.1) is 0 Å². The van der Waals surface area contributed by atoms with E-state index in [1.54, 1.807) is 12.1 Å². The molecule has 1 fully saturated rings. The largest absolute Gasteiger partial charge is 0.328 e. The van der Waals surface area contributed by atoms with Gasteiger partial charge in [-0.1, -0.05) is 12.1 Å². The number of rotatable bonds is 2. The first-order chi connectivity index (χ1) is 7.57. The molecule has 0 amide bonds. The molecular weight excluding hydrogens is 208 g/mol. The van der Waals surface area contributed by atoms with E-state index in [1.165, 1.54) is 12.1 Å². The molecule has 1 aliphatic rings. The van der Waals surface area contributed by atoms with Crippen LogP contribution in [0.2, 0.25) is 0 Å². The Morgan fingerprint density at radius 3 is 2.62 bits per heavy atom. The molecule has 3 heteroatoms. The van der Waals surface area contributed by atoms with Crippen LogP contribution in [0.4, 0.5) is 8.78 Å². The monoisotopic (exact) mass is 225 g/mol. The molecule has 0 aromatic heterocycles. The summed E-state index contributed by atoms with van der Waals surface area (Å²) >= 11 is 0. The molecule has 1 aliphatic carbocycles. The highest BCUT2D eigenvalue weighted by Crippen LogP contribution is 2.34. The molecule has 2 N–H and O–H groups in total. The van der Waals surface area contributed by atoms with Crippen LogP contribution in [0.5, 0.6) is 0 Å². The van der Waals surface area contributed by atoms with Crippen molar-refractivity contribution in [3.63, 3.8) is 0 Å². The Labute approximate surface area is 94.7 Å². The molecule has 1 nitrogen and oxygen atoms in total. The Kier molecular flexibility index (Phi) is 3.24. The van der Waals surface area contributed by atoms with E-state index in [-0.39, 0.29) is 11.9 Å². The van der Waals surface area contributed by atoms with E-state index < -0.39 is 5.67 Å². The van der Waals surface area contributed by atoms with Crippen molar-refractivity contribution in [1.82, 2.24) is 0 Å². The van der Waals surface area contributed by atoms with Crippen molar-refractivity contribution in [2.24, 2.45) is 5.73 Å². The maximum absolute atomic E-state index is 14.4. The van der Waals surface area contributed by atoms with Crippen molar-refractivity contribution in [3.05, 3.63) is 35.6 Å². The van der Waals surface area contributed by atoms with E-state index in [9.17, 15) is 8.78 Å². The van der Waals surface area contributed by atoms with Gasteiger partial charge in [-0.3, -0.25) is 0 Å². The molecule has 0 heterocycles. The average Bonchev–Trinajstić information content (AvgIpc) is 2.21. The number of nitrogens with two attached hydrogens (primary N) is 1. The van der Waals surface area contributed by atoms with Gasteiger partial charge < -0.3 is 5.73 Å². The molecule has 1 saturated carbocycles. The van der Waals surface area contributed by atoms with Crippen LogP contribution in [-0.2, 0) is 6.42 Å². The maximum Gasteiger partial charge on any atom is 0.123 e. The van der Waals surface area contributed by atoms with Crippen molar-refractivity contribution < 1.29 is 8.78 Å². The highest BCUT2D eigenvalue weighted by molar-refractivity contribution is 5.18. The Morgan fingerprint density at radius 1 is 1.31 bits per heavy atom. The highest BCUT2D eigenvalue weighted by Gasteiger charge is 2.35. The maximum atomic E-state index is 14.4. The van der Waals surface area contributed by atoms with Gasteiger partial charge in [-0.2, -0.15) is 0 Å². The normalized spacial score (nSPS) is 30.3. The van der Waals surface area contributed by atoms with E-state index in [2.05, 4.69) is 0 Å². The number of halogens is 2. The van der Waals surface area contributed by atoms with Crippen molar-refractivity contribution in [1.29, 1.82) is 0 Å². The topological polar surface area (TPSA) is 26.0 Å². The van der Waals surface area contributed by atoms with Crippen molar-refractivity contribution in [3.8, 4) is 0 Å². The number of benzene rings is 1. The molecule has 0 aliphatic heterocycles. The minimum Gasteiger partial charge on any atom is -0.328 e. The zero-order valence-corrected chi connectivity index (χ0v) is 9.26. The molecule has 1 aromatic carbocycles. The lowest BCUT2D eigenvalue weighted by Crippen LogP contribution is -2.39. The fourth-order valence-electron chi connectivity index (χ4n) is 2.48. The zero-order valence-electron chi connectivity index (χ0n) is 9.26. The molecule has 2 atom stereocenters. The molecule has 2 rings (SSSR count). The third-order valence-electron chi connectivity index (χ3n) is 3.26. The summed E-state index contributed by atoms with van der Waals surface area (Å²) in [5.41, 5.74) is 5.43. The SMILES string of the molecule is NC1CCCC(F)(Cc2ccc(F)cc2)C1. The molecule has 0 bridgehead atoms. The van der Waals surface area contributed by atoms with Gasteiger partial charge in [0, 0.05) is 12.5 Å². The second-order valence-corrected chi connectivity index (χ2v) is 4.81. The van der Waals surface area contributed by atoms with Gasteiger partial charge >= 0.3 is 0 Å². The molecular formula is C13H17F2N. The first-order valence-electron chi connectivity index (χ1n) is 5.76. The summed E-state index contributed by atoms with van der Waals surface area (Å²) in [5, 5.41) is 0. The zero-order chi connectivity index (χ0) is 11.6. The smallest absolute Gasteiger partial charge is 0.123 e. The highest BCUT2D eigenvalue weighted by atomic mass is 19.1. The molecule has 1 aromatic rings. The van der Waals surface area contributed by atoms with Crippen molar-refractivity contribution in [2.45, 2.75) is 43.8 Å². The Hall–Kier alpha value is -0.960. The van der Waals surface area contributed by atoms with E-state index in [0.717, 1.165) is 18.4 Å². The van der Waals surface area contributed by atoms with E-state index in [4.69, 9.17) is 5.73 Å². The van der Waals surface area contributed by atoms with Gasteiger partial charge in [0.15, 0.2) is 0 Å². The first-order valence-corrected chi connectivity index (χ1v) is 5.76. The average molecular weight is 225 g/mol. The van der Waals surface area contributed by atoms with Gasteiger partial charge in [-0.25, -0.2) is 8.78 Å². The van der Waals surface area contributed by atoms with Crippen LogP contribution >= 0.6 is 0 Å². The summed E-state index contributed by atoms with van der Waals surface area (Å²) in [6.07, 6.45) is 3.09. The summed E-state index contributed by atoms with van der Waals surface area (Å²) in [6.45, 7) is 0. The van der Waals surface area contributed by atoms with Crippen LogP contribution < -0.4 is 5.73 Å². The van der Waals surface area contributed by atoms with Gasteiger partial charge in [0.25, 0.3) is 0 Å².